The highest BCUT2D eigenvalue weighted by atomic mass is 79.9. The molecule has 1 atom stereocenters. The molecule has 0 aliphatic heterocycles. The molecule has 0 spiro atoms. The molecule has 0 rings (SSSR count). The van der Waals surface area contributed by atoms with Crippen LogP contribution >= 0.6 is 27.5 Å². The Labute approximate surface area is 63.8 Å². The van der Waals surface area contributed by atoms with Gasteiger partial charge in [0.15, 0.2) is 0 Å². The molecule has 0 radical (unpaired) electrons. The van der Waals surface area contributed by atoms with Crippen molar-refractivity contribution in [1.29, 1.82) is 0 Å². The third-order valence-corrected chi connectivity index (χ3v) is 1.83. The zero-order chi connectivity index (χ0) is 7.71. The summed E-state index contributed by atoms with van der Waals surface area (Å²) in [5.41, 5.74) is 0. The van der Waals surface area contributed by atoms with Gasteiger partial charge in [0, 0.05) is 0 Å². The molecule has 1 unspecified atom stereocenters. The van der Waals surface area contributed by atoms with Gasteiger partial charge in [0.2, 0.25) is 0 Å². The van der Waals surface area contributed by atoms with Crippen molar-refractivity contribution in [3.05, 3.63) is 12.7 Å². The highest BCUT2D eigenvalue weighted by Gasteiger charge is 2.49. The van der Waals surface area contributed by atoms with Crippen LogP contribution in [-0.2, 0) is 0 Å². The smallest absolute Gasteiger partial charge is 0.214 e. The Kier molecular flexibility index (Phi) is 2.58. The lowest BCUT2D eigenvalue weighted by molar-refractivity contribution is 0.0220. The molecule has 54 valence electrons. The average Bonchev–Trinajstić information content (AvgIpc) is 1.64. The molecule has 0 aromatic heterocycles. The summed E-state index contributed by atoms with van der Waals surface area (Å²) in [5, 5.41) is -3.20. The maximum absolute atomic E-state index is 12.2. The molecular weight excluding hydrogens is 220 g/mol. The van der Waals surface area contributed by atoms with E-state index in [1.54, 1.807) is 15.9 Å². The van der Waals surface area contributed by atoms with Gasteiger partial charge >= 0.3 is 4.83 Å². The monoisotopic (exact) mass is 222 g/mol. The van der Waals surface area contributed by atoms with Gasteiger partial charge in [-0.25, -0.2) is 4.39 Å². The van der Waals surface area contributed by atoms with Gasteiger partial charge in [-0.3, -0.25) is 0 Å². The van der Waals surface area contributed by atoms with Gasteiger partial charge in [0.25, 0.3) is 5.13 Å². The lowest BCUT2D eigenvalue weighted by Crippen LogP contribution is -2.30. The number of allylic oxidation sites excluding steroid dienone is 1. The van der Waals surface area contributed by atoms with E-state index in [0.717, 1.165) is 0 Å². The number of alkyl halides is 5. The minimum absolute atomic E-state index is 0.323. The molecule has 0 aliphatic carbocycles. The second-order valence-electron chi connectivity index (χ2n) is 1.32. The Morgan fingerprint density at radius 3 is 1.78 bits per heavy atom. The minimum atomic E-state index is -3.76. The number of halogens is 5. The van der Waals surface area contributed by atoms with E-state index in [9.17, 15) is 13.2 Å². The van der Waals surface area contributed by atoms with E-state index in [4.69, 9.17) is 0 Å². The summed E-state index contributed by atoms with van der Waals surface area (Å²) < 4.78 is 35.9. The van der Waals surface area contributed by atoms with Crippen molar-refractivity contribution < 1.29 is 13.2 Å². The Morgan fingerprint density at radius 1 is 1.44 bits per heavy atom. The summed E-state index contributed by atoms with van der Waals surface area (Å²) in [6.07, 6.45) is 0.323. The maximum atomic E-state index is 12.2. The van der Waals surface area contributed by atoms with Gasteiger partial charge in [0.05, 0.1) is 0 Å². The van der Waals surface area contributed by atoms with Crippen molar-refractivity contribution in [3.63, 3.8) is 0 Å². The number of hydrogen-bond donors (Lipinski definition) is 0. The van der Waals surface area contributed by atoms with E-state index in [1.165, 1.54) is 0 Å². The van der Waals surface area contributed by atoms with Crippen molar-refractivity contribution in [2.24, 2.45) is 0 Å². The standard InChI is InChI=1S/C4H3BrClF3/c1-2-3(6,7)4(5,8)9/h2H,1H2. The van der Waals surface area contributed by atoms with Crippen molar-refractivity contribution >= 4 is 27.5 Å². The topological polar surface area (TPSA) is 0 Å². The molecule has 0 saturated carbocycles. The molecule has 0 fully saturated rings. The van der Waals surface area contributed by atoms with Crippen LogP contribution in [0.2, 0.25) is 0 Å². The van der Waals surface area contributed by atoms with E-state index in [0.29, 0.717) is 6.08 Å². The normalized spacial score (nSPS) is 18.8. The van der Waals surface area contributed by atoms with Crippen molar-refractivity contribution in [2.45, 2.75) is 9.96 Å². The fourth-order valence-corrected chi connectivity index (χ4v) is 0.278. The van der Waals surface area contributed by atoms with Gasteiger partial charge in [-0.05, 0) is 22.0 Å². The molecular formula is C4H3BrClF3. The first kappa shape index (κ1) is 9.30. The van der Waals surface area contributed by atoms with E-state index in [1.807, 2.05) is 0 Å². The van der Waals surface area contributed by atoms with Crippen molar-refractivity contribution in [3.8, 4) is 0 Å². The van der Waals surface area contributed by atoms with E-state index in [-0.39, 0.29) is 0 Å². The number of hydrogen-bond acceptors (Lipinski definition) is 0. The summed E-state index contributed by atoms with van der Waals surface area (Å²) >= 11 is 6.36. The molecule has 0 nitrogen and oxygen atoms in total. The van der Waals surface area contributed by atoms with Gasteiger partial charge in [-0.1, -0.05) is 18.2 Å². The lowest BCUT2D eigenvalue weighted by atomic mass is 10.4. The van der Waals surface area contributed by atoms with Crippen molar-refractivity contribution in [2.75, 3.05) is 0 Å². The summed E-state index contributed by atoms with van der Waals surface area (Å²) in [4.78, 5) is -3.76. The summed E-state index contributed by atoms with van der Waals surface area (Å²) in [7, 11) is 0. The third-order valence-electron chi connectivity index (χ3n) is 0.634. The second-order valence-corrected chi connectivity index (χ2v) is 2.87. The fourth-order valence-electron chi connectivity index (χ4n) is 0.116. The fraction of sp³-hybridized carbons (Fsp3) is 0.500. The molecule has 0 aromatic carbocycles. The molecule has 5 heteroatoms. The second kappa shape index (κ2) is 2.50. The summed E-state index contributed by atoms with van der Waals surface area (Å²) in [6.45, 7) is 2.78. The van der Waals surface area contributed by atoms with Crippen LogP contribution < -0.4 is 0 Å². The Morgan fingerprint density at radius 2 is 1.78 bits per heavy atom. The van der Waals surface area contributed by atoms with Gasteiger partial charge in [-0.15, -0.1) is 0 Å². The molecule has 9 heavy (non-hydrogen) atoms. The van der Waals surface area contributed by atoms with E-state index in [2.05, 4.69) is 18.2 Å². The quantitative estimate of drug-likeness (QED) is 0.498. The molecule has 0 aromatic rings. The predicted octanol–water partition coefficient (Wildman–Crippen LogP) is 3.06. The van der Waals surface area contributed by atoms with Crippen LogP contribution in [0.5, 0.6) is 0 Å². The van der Waals surface area contributed by atoms with Crippen LogP contribution in [-0.4, -0.2) is 9.96 Å². The molecule has 0 aliphatic rings. The van der Waals surface area contributed by atoms with Crippen LogP contribution in [0.4, 0.5) is 13.2 Å². The van der Waals surface area contributed by atoms with E-state index < -0.39 is 9.96 Å². The predicted molar refractivity (Wildman–Crippen MR) is 33.8 cm³/mol. The van der Waals surface area contributed by atoms with E-state index >= 15 is 0 Å². The van der Waals surface area contributed by atoms with Crippen molar-refractivity contribution in [1.82, 2.24) is 0 Å². The first-order valence-corrected chi connectivity index (χ1v) is 3.06. The highest BCUT2D eigenvalue weighted by molar-refractivity contribution is 9.10. The first-order chi connectivity index (χ1) is 3.81. The molecule has 0 amide bonds. The van der Waals surface area contributed by atoms with Crippen LogP contribution in [0, 0.1) is 0 Å². The van der Waals surface area contributed by atoms with Crippen LogP contribution in [0.15, 0.2) is 12.7 Å². The van der Waals surface area contributed by atoms with Crippen LogP contribution in [0.3, 0.4) is 0 Å². The van der Waals surface area contributed by atoms with Gasteiger partial charge in [0.1, 0.15) is 0 Å². The van der Waals surface area contributed by atoms with Gasteiger partial charge in [-0.2, -0.15) is 8.78 Å². The molecule has 0 N–H and O–H groups in total. The zero-order valence-corrected chi connectivity index (χ0v) is 6.52. The minimum Gasteiger partial charge on any atom is -0.214 e. The largest absolute Gasteiger partial charge is 0.352 e. The lowest BCUT2D eigenvalue weighted by Gasteiger charge is -2.18. The Balaban J connectivity index is 4.32. The summed E-state index contributed by atoms with van der Waals surface area (Å²) in [5.74, 6) is 0. The summed E-state index contributed by atoms with van der Waals surface area (Å²) in [6, 6.07) is 0. The third kappa shape index (κ3) is 2.18. The van der Waals surface area contributed by atoms with Gasteiger partial charge < -0.3 is 0 Å². The zero-order valence-electron chi connectivity index (χ0n) is 4.17. The number of rotatable bonds is 2. The maximum Gasteiger partial charge on any atom is 0.352 e. The highest BCUT2D eigenvalue weighted by Crippen LogP contribution is 2.41. The molecule has 0 heterocycles. The molecule has 0 bridgehead atoms. The first-order valence-electron chi connectivity index (χ1n) is 1.89. The van der Waals surface area contributed by atoms with Crippen LogP contribution in [0.25, 0.3) is 0 Å². The van der Waals surface area contributed by atoms with Crippen LogP contribution in [0.1, 0.15) is 0 Å². The Hall–Kier alpha value is 0.300. The average molecular weight is 223 g/mol. The molecule has 0 saturated heterocycles. The SMILES string of the molecule is C=CC(F)(Cl)C(F)(F)Br. The Bertz CT molecular complexity index is 117.